The first-order valence-corrected chi connectivity index (χ1v) is 7.80. The Bertz CT molecular complexity index is 445. The Morgan fingerprint density at radius 3 is 2.62 bits per heavy atom. The van der Waals surface area contributed by atoms with E-state index < -0.39 is 0 Å². The van der Waals surface area contributed by atoms with Crippen LogP contribution in [0.2, 0.25) is 0 Å². The van der Waals surface area contributed by atoms with Crippen molar-refractivity contribution >= 4 is 11.6 Å². The van der Waals surface area contributed by atoms with Crippen LogP contribution in [0, 0.1) is 5.92 Å². The molecule has 118 valence electrons. The Morgan fingerprint density at radius 2 is 2.05 bits per heavy atom. The van der Waals surface area contributed by atoms with Crippen molar-refractivity contribution in [2.24, 2.45) is 5.92 Å². The standard InChI is InChI=1S/C17H29N3O/c1-5-20(12-15-7-6-8-16(18)11-15)14(4)17(21)19-10-9-13(2)3/h6-8,11,13-14H,5,9-10,12,18H2,1-4H3,(H,19,21). The maximum atomic E-state index is 12.2. The molecule has 21 heavy (non-hydrogen) atoms. The first-order chi connectivity index (χ1) is 9.93. The number of anilines is 1. The minimum Gasteiger partial charge on any atom is -0.399 e. The Hall–Kier alpha value is -1.55. The Balaban J connectivity index is 2.56. The van der Waals surface area contributed by atoms with E-state index in [1.54, 1.807) is 0 Å². The van der Waals surface area contributed by atoms with E-state index in [0.29, 0.717) is 5.92 Å². The van der Waals surface area contributed by atoms with Crippen LogP contribution in [0.3, 0.4) is 0 Å². The highest BCUT2D eigenvalue weighted by Crippen LogP contribution is 2.12. The fraction of sp³-hybridized carbons (Fsp3) is 0.588. The van der Waals surface area contributed by atoms with E-state index in [0.717, 1.165) is 37.3 Å². The number of nitrogens with zero attached hydrogens (tertiary/aromatic N) is 1. The predicted molar refractivity (Wildman–Crippen MR) is 88.9 cm³/mol. The van der Waals surface area contributed by atoms with Crippen LogP contribution in [0.15, 0.2) is 24.3 Å². The molecule has 1 amide bonds. The van der Waals surface area contributed by atoms with Crippen LogP contribution in [-0.4, -0.2) is 29.9 Å². The van der Waals surface area contributed by atoms with E-state index >= 15 is 0 Å². The fourth-order valence-corrected chi connectivity index (χ4v) is 2.25. The third kappa shape index (κ3) is 6.17. The Morgan fingerprint density at radius 1 is 1.33 bits per heavy atom. The minimum atomic E-state index is -0.136. The van der Waals surface area contributed by atoms with Crippen molar-refractivity contribution in [2.75, 3.05) is 18.8 Å². The molecule has 0 bridgehead atoms. The quantitative estimate of drug-likeness (QED) is 0.724. The number of likely N-dealkylation sites (N-methyl/N-ethyl adjacent to an activating group) is 1. The van der Waals surface area contributed by atoms with Crippen LogP contribution >= 0.6 is 0 Å². The average molecular weight is 291 g/mol. The summed E-state index contributed by atoms with van der Waals surface area (Å²) in [6.07, 6.45) is 1.01. The minimum absolute atomic E-state index is 0.0985. The van der Waals surface area contributed by atoms with Crippen LogP contribution in [-0.2, 0) is 11.3 Å². The van der Waals surface area contributed by atoms with Crippen molar-refractivity contribution in [3.05, 3.63) is 29.8 Å². The highest BCUT2D eigenvalue weighted by atomic mass is 16.2. The van der Waals surface area contributed by atoms with Crippen molar-refractivity contribution in [1.82, 2.24) is 10.2 Å². The van der Waals surface area contributed by atoms with E-state index in [1.165, 1.54) is 0 Å². The number of hydrogen-bond acceptors (Lipinski definition) is 3. The lowest BCUT2D eigenvalue weighted by Gasteiger charge is -2.27. The van der Waals surface area contributed by atoms with E-state index in [4.69, 9.17) is 5.73 Å². The van der Waals surface area contributed by atoms with E-state index in [9.17, 15) is 4.79 Å². The maximum Gasteiger partial charge on any atom is 0.237 e. The van der Waals surface area contributed by atoms with Gasteiger partial charge in [0.25, 0.3) is 0 Å². The van der Waals surface area contributed by atoms with Gasteiger partial charge in [-0.05, 0) is 43.5 Å². The lowest BCUT2D eigenvalue weighted by Crippen LogP contribution is -2.45. The van der Waals surface area contributed by atoms with Crippen molar-refractivity contribution in [2.45, 2.75) is 46.7 Å². The average Bonchev–Trinajstić information content (AvgIpc) is 2.43. The zero-order chi connectivity index (χ0) is 15.8. The smallest absolute Gasteiger partial charge is 0.237 e. The molecule has 1 unspecified atom stereocenters. The molecule has 1 rings (SSSR count). The Kier molecular flexibility index (Phi) is 7.23. The zero-order valence-electron chi connectivity index (χ0n) is 13.7. The monoisotopic (exact) mass is 291 g/mol. The molecule has 4 nitrogen and oxygen atoms in total. The molecule has 0 fully saturated rings. The number of benzene rings is 1. The van der Waals surface area contributed by atoms with Crippen molar-refractivity contribution in [3.8, 4) is 0 Å². The number of carbonyl (C=O) groups is 1. The molecule has 1 aromatic carbocycles. The number of nitrogens with one attached hydrogen (secondary N) is 1. The number of amides is 1. The number of rotatable bonds is 8. The SMILES string of the molecule is CCN(Cc1cccc(N)c1)C(C)C(=O)NCCC(C)C. The molecule has 0 radical (unpaired) electrons. The van der Waals surface area contributed by atoms with Crippen LogP contribution in [0.5, 0.6) is 0 Å². The van der Waals surface area contributed by atoms with Gasteiger partial charge in [0.2, 0.25) is 5.91 Å². The van der Waals surface area contributed by atoms with E-state index in [-0.39, 0.29) is 11.9 Å². The molecule has 0 heterocycles. The Labute approximate surface area is 128 Å². The third-order valence-corrected chi connectivity index (χ3v) is 3.69. The summed E-state index contributed by atoms with van der Waals surface area (Å²) >= 11 is 0. The topological polar surface area (TPSA) is 58.4 Å². The highest BCUT2D eigenvalue weighted by Gasteiger charge is 2.19. The number of nitrogens with two attached hydrogens (primary N) is 1. The molecule has 3 N–H and O–H groups in total. The second-order valence-electron chi connectivity index (χ2n) is 5.96. The van der Waals surface area contributed by atoms with Gasteiger partial charge in [-0.2, -0.15) is 0 Å². The molecule has 0 saturated carbocycles. The molecule has 1 aromatic rings. The summed E-state index contributed by atoms with van der Waals surface area (Å²) in [5.41, 5.74) is 7.71. The molecule has 0 aliphatic carbocycles. The zero-order valence-corrected chi connectivity index (χ0v) is 13.7. The third-order valence-electron chi connectivity index (χ3n) is 3.69. The van der Waals surface area contributed by atoms with Gasteiger partial charge in [0.15, 0.2) is 0 Å². The molecule has 4 heteroatoms. The van der Waals surface area contributed by atoms with Gasteiger partial charge in [-0.15, -0.1) is 0 Å². The molecule has 0 saturated heterocycles. The number of carbonyl (C=O) groups excluding carboxylic acids is 1. The molecular weight excluding hydrogens is 262 g/mol. The summed E-state index contributed by atoms with van der Waals surface area (Å²) < 4.78 is 0. The van der Waals surface area contributed by atoms with Gasteiger partial charge in [-0.1, -0.05) is 32.9 Å². The predicted octanol–water partition coefficient (Wildman–Crippen LogP) is 2.64. The van der Waals surface area contributed by atoms with E-state index in [2.05, 4.69) is 31.0 Å². The molecule has 0 spiro atoms. The number of nitrogen functional groups attached to an aromatic ring is 1. The van der Waals surface area contributed by atoms with Crippen molar-refractivity contribution in [3.63, 3.8) is 0 Å². The van der Waals surface area contributed by atoms with Gasteiger partial charge in [0.05, 0.1) is 6.04 Å². The lowest BCUT2D eigenvalue weighted by atomic mass is 10.1. The molecule has 0 aliphatic rings. The lowest BCUT2D eigenvalue weighted by molar-refractivity contribution is -0.126. The largest absolute Gasteiger partial charge is 0.399 e. The van der Waals surface area contributed by atoms with Gasteiger partial charge in [0, 0.05) is 18.8 Å². The van der Waals surface area contributed by atoms with Gasteiger partial charge in [-0.25, -0.2) is 0 Å². The summed E-state index contributed by atoms with van der Waals surface area (Å²) in [7, 11) is 0. The van der Waals surface area contributed by atoms with Crippen molar-refractivity contribution < 1.29 is 4.79 Å². The molecule has 1 atom stereocenters. The van der Waals surface area contributed by atoms with E-state index in [1.807, 2.05) is 31.2 Å². The molecule has 0 aliphatic heterocycles. The first-order valence-electron chi connectivity index (χ1n) is 7.80. The van der Waals surface area contributed by atoms with Crippen LogP contribution < -0.4 is 11.1 Å². The molecular formula is C17H29N3O. The summed E-state index contributed by atoms with van der Waals surface area (Å²) in [5, 5.41) is 3.02. The van der Waals surface area contributed by atoms with Crippen LogP contribution in [0.25, 0.3) is 0 Å². The summed E-state index contributed by atoms with van der Waals surface area (Å²) in [4.78, 5) is 14.4. The number of hydrogen-bond donors (Lipinski definition) is 2. The highest BCUT2D eigenvalue weighted by molar-refractivity contribution is 5.81. The van der Waals surface area contributed by atoms with Crippen LogP contribution in [0.1, 0.15) is 39.7 Å². The summed E-state index contributed by atoms with van der Waals surface area (Å²) in [5.74, 6) is 0.705. The van der Waals surface area contributed by atoms with Crippen molar-refractivity contribution in [1.29, 1.82) is 0 Å². The second-order valence-corrected chi connectivity index (χ2v) is 5.96. The van der Waals surface area contributed by atoms with Gasteiger partial charge < -0.3 is 11.1 Å². The molecule has 0 aromatic heterocycles. The van der Waals surface area contributed by atoms with Gasteiger partial charge >= 0.3 is 0 Å². The summed E-state index contributed by atoms with van der Waals surface area (Å²) in [6, 6.07) is 7.70. The normalized spacial score (nSPS) is 12.7. The first kappa shape index (κ1) is 17.5. The van der Waals surface area contributed by atoms with Gasteiger partial charge in [0.1, 0.15) is 0 Å². The van der Waals surface area contributed by atoms with Crippen LogP contribution in [0.4, 0.5) is 5.69 Å². The summed E-state index contributed by atoms with van der Waals surface area (Å²) in [6.45, 7) is 10.7. The second kappa shape index (κ2) is 8.67. The fourth-order valence-electron chi connectivity index (χ4n) is 2.25. The van der Waals surface area contributed by atoms with Gasteiger partial charge in [-0.3, -0.25) is 9.69 Å². The maximum absolute atomic E-state index is 12.2.